The summed E-state index contributed by atoms with van der Waals surface area (Å²) < 4.78 is 1.79. The molecular weight excluding hydrogens is 326 g/mol. The second-order valence-electron chi connectivity index (χ2n) is 8.26. The van der Waals surface area contributed by atoms with Gasteiger partial charge in [0.2, 0.25) is 0 Å². The van der Waals surface area contributed by atoms with Crippen LogP contribution in [0.25, 0.3) is 0 Å². The lowest BCUT2D eigenvalue weighted by molar-refractivity contribution is 0.166. The minimum absolute atomic E-state index is 0.0820. The number of aromatic nitrogens is 4. The summed E-state index contributed by atoms with van der Waals surface area (Å²) in [5, 5.41) is 7.45. The van der Waals surface area contributed by atoms with Crippen molar-refractivity contribution < 1.29 is 0 Å². The number of piperidine rings is 1. The van der Waals surface area contributed by atoms with Crippen LogP contribution in [-0.4, -0.2) is 37.7 Å². The number of rotatable bonds is 6. The summed E-state index contributed by atoms with van der Waals surface area (Å²) in [6, 6.07) is 1.69. The van der Waals surface area contributed by atoms with Gasteiger partial charge in [-0.3, -0.25) is 19.4 Å². The van der Waals surface area contributed by atoms with E-state index >= 15 is 0 Å². The minimum Gasteiger partial charge on any atom is -0.299 e. The van der Waals surface area contributed by atoms with Crippen LogP contribution < -0.4 is 5.56 Å². The molecule has 1 aliphatic carbocycles. The Bertz CT molecular complexity index is 797. The number of nitrogens with one attached hydrogen (secondary N) is 1. The molecule has 0 radical (unpaired) electrons. The summed E-state index contributed by atoms with van der Waals surface area (Å²) in [6.45, 7) is 8.10. The van der Waals surface area contributed by atoms with Crippen LogP contribution in [0.3, 0.4) is 0 Å². The molecule has 4 rings (SSSR count). The lowest BCUT2D eigenvalue weighted by Crippen LogP contribution is -2.36. The van der Waals surface area contributed by atoms with E-state index in [2.05, 4.69) is 33.9 Å². The third kappa shape index (κ3) is 3.90. The van der Waals surface area contributed by atoms with E-state index < -0.39 is 0 Å². The quantitative estimate of drug-likeness (QED) is 0.865. The monoisotopic (exact) mass is 355 g/mol. The first-order chi connectivity index (χ1) is 12.6. The molecule has 2 aromatic rings. The average molecular weight is 355 g/mol. The highest BCUT2D eigenvalue weighted by molar-refractivity contribution is 5.24. The summed E-state index contributed by atoms with van der Waals surface area (Å²) in [5.74, 6) is 1.57. The second-order valence-corrected chi connectivity index (χ2v) is 8.26. The Kier molecular flexibility index (Phi) is 4.94. The predicted octanol–water partition coefficient (Wildman–Crippen LogP) is 2.88. The van der Waals surface area contributed by atoms with Crippen molar-refractivity contribution in [3.63, 3.8) is 0 Å². The molecule has 2 fully saturated rings. The summed E-state index contributed by atoms with van der Waals surface area (Å²) in [6.07, 6.45) is 8.61. The molecule has 3 heterocycles. The zero-order valence-corrected chi connectivity index (χ0v) is 15.8. The van der Waals surface area contributed by atoms with Gasteiger partial charge in [-0.15, -0.1) is 0 Å². The van der Waals surface area contributed by atoms with Gasteiger partial charge in [0.1, 0.15) is 0 Å². The average Bonchev–Trinajstić information content (AvgIpc) is 3.37. The summed E-state index contributed by atoms with van der Waals surface area (Å²) >= 11 is 0. The fraction of sp³-hybridized carbons (Fsp3) is 0.650. The molecule has 6 heteroatoms. The van der Waals surface area contributed by atoms with Gasteiger partial charge in [-0.25, -0.2) is 4.98 Å². The van der Waals surface area contributed by atoms with Gasteiger partial charge in [-0.1, -0.05) is 13.8 Å². The molecule has 0 aromatic carbocycles. The van der Waals surface area contributed by atoms with Crippen molar-refractivity contribution in [1.82, 2.24) is 24.6 Å². The summed E-state index contributed by atoms with van der Waals surface area (Å²) in [4.78, 5) is 19.3. The van der Waals surface area contributed by atoms with Crippen molar-refractivity contribution >= 4 is 0 Å². The number of hydrogen-bond donors (Lipinski definition) is 1. The Morgan fingerprint density at radius 1 is 1.23 bits per heavy atom. The molecule has 26 heavy (non-hydrogen) atoms. The molecule has 140 valence electrons. The summed E-state index contributed by atoms with van der Waals surface area (Å²) in [7, 11) is 0. The maximum atomic E-state index is 12.3. The molecule has 6 nitrogen and oxygen atoms in total. The Labute approximate surface area is 154 Å². The Morgan fingerprint density at radius 2 is 2.00 bits per heavy atom. The molecule has 0 atom stereocenters. The third-order valence-corrected chi connectivity index (χ3v) is 5.79. The largest absolute Gasteiger partial charge is 0.299 e. The van der Waals surface area contributed by atoms with E-state index in [1.807, 2.05) is 6.20 Å². The number of nitrogens with zero attached hydrogens (tertiary/aromatic N) is 4. The van der Waals surface area contributed by atoms with Gasteiger partial charge in [0, 0.05) is 36.3 Å². The highest BCUT2D eigenvalue weighted by Gasteiger charge is 2.29. The topological polar surface area (TPSA) is 66.8 Å². The predicted molar refractivity (Wildman–Crippen MR) is 101 cm³/mol. The van der Waals surface area contributed by atoms with E-state index in [-0.39, 0.29) is 5.56 Å². The van der Waals surface area contributed by atoms with Crippen molar-refractivity contribution in [3.05, 3.63) is 45.9 Å². The van der Waals surface area contributed by atoms with Crippen LogP contribution in [0, 0.1) is 5.92 Å². The molecule has 0 spiro atoms. The lowest BCUT2D eigenvalue weighted by Gasteiger charge is -2.32. The maximum Gasteiger partial charge on any atom is 0.253 e. The molecule has 1 N–H and O–H groups in total. The number of H-pyrrole nitrogens is 1. The van der Waals surface area contributed by atoms with Gasteiger partial charge in [0.25, 0.3) is 5.56 Å². The Hall–Kier alpha value is -1.95. The summed E-state index contributed by atoms with van der Waals surface area (Å²) in [5.41, 5.74) is 3.69. The zero-order chi connectivity index (χ0) is 18.1. The van der Waals surface area contributed by atoms with Crippen LogP contribution in [-0.2, 0) is 13.1 Å². The number of likely N-dealkylation sites (tertiary alicyclic amines) is 1. The fourth-order valence-electron chi connectivity index (χ4n) is 3.91. The van der Waals surface area contributed by atoms with Gasteiger partial charge in [-0.2, -0.15) is 5.10 Å². The fourth-order valence-corrected chi connectivity index (χ4v) is 3.91. The van der Waals surface area contributed by atoms with E-state index in [0.29, 0.717) is 11.8 Å². The Morgan fingerprint density at radius 3 is 2.65 bits per heavy atom. The van der Waals surface area contributed by atoms with Crippen LogP contribution in [0.5, 0.6) is 0 Å². The number of aromatic amines is 1. The van der Waals surface area contributed by atoms with Crippen LogP contribution >= 0.6 is 0 Å². The van der Waals surface area contributed by atoms with Crippen molar-refractivity contribution in [3.8, 4) is 0 Å². The van der Waals surface area contributed by atoms with Crippen molar-refractivity contribution in [2.75, 3.05) is 13.1 Å². The molecule has 1 saturated heterocycles. The minimum atomic E-state index is 0.0820. The molecule has 0 bridgehead atoms. The first kappa shape index (κ1) is 17.5. The zero-order valence-electron chi connectivity index (χ0n) is 15.8. The van der Waals surface area contributed by atoms with E-state index in [0.717, 1.165) is 50.6 Å². The third-order valence-electron chi connectivity index (χ3n) is 5.79. The highest BCUT2D eigenvalue weighted by Crippen LogP contribution is 2.40. The lowest BCUT2D eigenvalue weighted by atomic mass is 9.96. The number of hydrogen-bond acceptors (Lipinski definition) is 4. The SMILES string of the molecule is CC(C)c1cc(=O)n(CC2CCN(Cc3cn[nH]c3C3CC3)CC2)cn1. The van der Waals surface area contributed by atoms with E-state index in [1.165, 1.54) is 24.1 Å². The van der Waals surface area contributed by atoms with Crippen LogP contribution in [0.1, 0.15) is 68.3 Å². The first-order valence-electron chi connectivity index (χ1n) is 9.91. The van der Waals surface area contributed by atoms with Gasteiger partial charge in [0.05, 0.1) is 18.2 Å². The molecular formula is C20H29N5O. The smallest absolute Gasteiger partial charge is 0.253 e. The van der Waals surface area contributed by atoms with Crippen LogP contribution in [0.15, 0.2) is 23.4 Å². The highest BCUT2D eigenvalue weighted by atomic mass is 16.1. The van der Waals surface area contributed by atoms with E-state index in [4.69, 9.17) is 0 Å². The molecule has 2 aliphatic rings. The van der Waals surface area contributed by atoms with E-state index in [1.54, 1.807) is 17.0 Å². The molecule has 0 amide bonds. The van der Waals surface area contributed by atoms with Gasteiger partial charge >= 0.3 is 0 Å². The second kappa shape index (κ2) is 7.35. The van der Waals surface area contributed by atoms with Crippen molar-refractivity contribution in [1.29, 1.82) is 0 Å². The van der Waals surface area contributed by atoms with Gasteiger partial charge in [-0.05, 0) is 50.6 Å². The molecule has 2 aromatic heterocycles. The normalized spacial score (nSPS) is 19.3. The molecule has 1 saturated carbocycles. The van der Waals surface area contributed by atoms with Crippen molar-refractivity contribution in [2.45, 2.75) is 64.5 Å². The first-order valence-corrected chi connectivity index (χ1v) is 9.91. The van der Waals surface area contributed by atoms with Crippen molar-refractivity contribution in [2.24, 2.45) is 5.92 Å². The maximum absolute atomic E-state index is 12.3. The Balaban J connectivity index is 1.31. The van der Waals surface area contributed by atoms with Gasteiger partial charge in [0.15, 0.2) is 0 Å². The van der Waals surface area contributed by atoms with E-state index in [9.17, 15) is 4.79 Å². The van der Waals surface area contributed by atoms with Gasteiger partial charge < -0.3 is 0 Å². The molecule has 1 aliphatic heterocycles. The standard InChI is InChI=1S/C20H29N5O/c1-14(2)18-9-19(26)25(13-21-18)11-15-5-7-24(8-6-15)12-17-10-22-23-20(17)16-3-4-16/h9-10,13-16H,3-8,11-12H2,1-2H3,(H,22,23). The van der Waals surface area contributed by atoms with Crippen LogP contribution in [0.4, 0.5) is 0 Å². The molecule has 0 unspecified atom stereocenters. The van der Waals surface area contributed by atoms with Crippen LogP contribution in [0.2, 0.25) is 0 Å².